The molecule has 1 aromatic heterocycles. The van der Waals surface area contributed by atoms with Gasteiger partial charge in [0, 0.05) is 50.1 Å². The molecule has 1 saturated heterocycles. The van der Waals surface area contributed by atoms with Crippen molar-refractivity contribution in [1.82, 2.24) is 15.6 Å². The fourth-order valence-corrected chi connectivity index (χ4v) is 4.35. The number of thiazole rings is 1. The van der Waals surface area contributed by atoms with Crippen molar-refractivity contribution in [3.63, 3.8) is 0 Å². The molecular formula is C20H28ClN5OS. The van der Waals surface area contributed by atoms with Crippen LogP contribution < -0.4 is 20.3 Å². The summed E-state index contributed by atoms with van der Waals surface area (Å²) in [6.45, 7) is 3.83. The average molecular weight is 422 g/mol. The second-order valence-corrected chi connectivity index (χ2v) is 7.94. The normalized spacial score (nSPS) is 14.4. The lowest BCUT2D eigenvalue weighted by Crippen LogP contribution is -2.39. The molecule has 3 rings (SSSR count). The minimum Gasteiger partial charge on any atom is -0.497 e. The van der Waals surface area contributed by atoms with Gasteiger partial charge in [-0.1, -0.05) is 17.7 Å². The van der Waals surface area contributed by atoms with Crippen LogP contribution in [0.3, 0.4) is 0 Å². The van der Waals surface area contributed by atoms with Gasteiger partial charge in [-0.2, -0.15) is 0 Å². The quantitative estimate of drug-likeness (QED) is 0.505. The molecule has 0 aliphatic carbocycles. The number of aromatic nitrogens is 1. The fourth-order valence-electron chi connectivity index (χ4n) is 3.17. The molecule has 2 N–H and O–H groups in total. The van der Waals surface area contributed by atoms with Crippen molar-refractivity contribution >= 4 is 34.0 Å². The first-order valence-corrected chi connectivity index (χ1v) is 10.9. The van der Waals surface area contributed by atoms with E-state index in [1.165, 1.54) is 12.8 Å². The Morgan fingerprint density at radius 3 is 2.68 bits per heavy atom. The molecule has 1 aliphatic heterocycles. The Balaban J connectivity index is 1.39. The van der Waals surface area contributed by atoms with Gasteiger partial charge in [-0.3, -0.25) is 4.99 Å². The average Bonchev–Trinajstić information content (AvgIpc) is 3.39. The summed E-state index contributed by atoms with van der Waals surface area (Å²) in [6, 6.07) is 5.77. The van der Waals surface area contributed by atoms with Crippen LogP contribution in [0, 0.1) is 0 Å². The number of benzene rings is 1. The fraction of sp³-hybridized carbons (Fsp3) is 0.500. The molecule has 0 amide bonds. The van der Waals surface area contributed by atoms with Crippen LogP contribution in [0.15, 0.2) is 28.6 Å². The third-order valence-corrected chi connectivity index (χ3v) is 6.06. The smallest absolute Gasteiger partial charge is 0.190 e. The highest BCUT2D eigenvalue weighted by Gasteiger charge is 2.15. The zero-order valence-electron chi connectivity index (χ0n) is 16.5. The summed E-state index contributed by atoms with van der Waals surface area (Å²) in [5, 5.41) is 10.7. The Morgan fingerprint density at radius 1 is 1.25 bits per heavy atom. The number of hydrogen-bond donors (Lipinski definition) is 2. The first kappa shape index (κ1) is 20.7. The van der Waals surface area contributed by atoms with Gasteiger partial charge < -0.3 is 20.3 Å². The minimum atomic E-state index is 0.724. The molecule has 28 heavy (non-hydrogen) atoms. The number of guanidine groups is 1. The van der Waals surface area contributed by atoms with Crippen LogP contribution in [-0.2, 0) is 12.8 Å². The molecule has 0 radical (unpaired) electrons. The van der Waals surface area contributed by atoms with Gasteiger partial charge in [0.05, 0.1) is 12.8 Å². The van der Waals surface area contributed by atoms with E-state index in [-0.39, 0.29) is 0 Å². The highest BCUT2D eigenvalue weighted by Crippen LogP contribution is 2.24. The van der Waals surface area contributed by atoms with Gasteiger partial charge in [0.2, 0.25) is 0 Å². The number of ether oxygens (including phenoxy) is 1. The van der Waals surface area contributed by atoms with Gasteiger partial charge in [-0.25, -0.2) is 4.98 Å². The molecule has 6 nitrogen and oxygen atoms in total. The third-order valence-electron chi connectivity index (χ3n) is 4.76. The van der Waals surface area contributed by atoms with Gasteiger partial charge in [0.15, 0.2) is 11.1 Å². The second kappa shape index (κ2) is 10.5. The summed E-state index contributed by atoms with van der Waals surface area (Å²) in [5.74, 6) is 1.56. The van der Waals surface area contributed by atoms with E-state index >= 15 is 0 Å². The Hall–Kier alpha value is -1.99. The summed E-state index contributed by atoms with van der Waals surface area (Å²) < 4.78 is 5.18. The number of nitrogens with one attached hydrogen (secondary N) is 2. The number of anilines is 1. The highest BCUT2D eigenvalue weighted by molar-refractivity contribution is 7.13. The molecule has 1 aliphatic rings. The zero-order valence-corrected chi connectivity index (χ0v) is 18.1. The second-order valence-electron chi connectivity index (χ2n) is 6.70. The van der Waals surface area contributed by atoms with E-state index in [2.05, 4.69) is 25.9 Å². The van der Waals surface area contributed by atoms with Gasteiger partial charge in [0.1, 0.15) is 5.75 Å². The molecule has 2 aromatic rings. The maximum absolute atomic E-state index is 6.29. The summed E-state index contributed by atoms with van der Waals surface area (Å²) in [5.41, 5.74) is 2.22. The van der Waals surface area contributed by atoms with Crippen LogP contribution in [0.4, 0.5) is 5.13 Å². The van der Waals surface area contributed by atoms with Gasteiger partial charge >= 0.3 is 0 Å². The van der Waals surface area contributed by atoms with Crippen LogP contribution in [0.5, 0.6) is 5.75 Å². The molecular weight excluding hydrogens is 394 g/mol. The topological polar surface area (TPSA) is 61.8 Å². The van der Waals surface area contributed by atoms with E-state index in [1.807, 2.05) is 18.2 Å². The van der Waals surface area contributed by atoms with Crippen LogP contribution >= 0.6 is 22.9 Å². The third kappa shape index (κ3) is 5.75. The van der Waals surface area contributed by atoms with Crippen molar-refractivity contribution in [2.24, 2.45) is 4.99 Å². The predicted molar refractivity (Wildman–Crippen MR) is 118 cm³/mol. The Morgan fingerprint density at radius 2 is 2.00 bits per heavy atom. The summed E-state index contributed by atoms with van der Waals surface area (Å²) >= 11 is 8.04. The maximum atomic E-state index is 6.29. The van der Waals surface area contributed by atoms with Crippen LogP contribution in [-0.4, -0.2) is 51.3 Å². The van der Waals surface area contributed by atoms with E-state index < -0.39 is 0 Å². The van der Waals surface area contributed by atoms with Crippen molar-refractivity contribution < 1.29 is 4.74 Å². The van der Waals surface area contributed by atoms with Crippen molar-refractivity contribution in [2.75, 3.05) is 45.2 Å². The largest absolute Gasteiger partial charge is 0.497 e. The van der Waals surface area contributed by atoms with Crippen LogP contribution in [0.2, 0.25) is 5.02 Å². The first-order valence-electron chi connectivity index (χ1n) is 9.66. The predicted octanol–water partition coefficient (Wildman–Crippen LogP) is 3.36. The molecule has 152 valence electrons. The van der Waals surface area contributed by atoms with Crippen LogP contribution in [0.1, 0.15) is 24.1 Å². The first-order chi connectivity index (χ1) is 13.7. The van der Waals surface area contributed by atoms with E-state index in [0.717, 1.165) is 72.1 Å². The molecule has 0 atom stereocenters. The zero-order chi connectivity index (χ0) is 19.8. The van der Waals surface area contributed by atoms with Gasteiger partial charge in [-0.05, 0) is 37.0 Å². The van der Waals surface area contributed by atoms with Crippen molar-refractivity contribution in [3.8, 4) is 5.75 Å². The minimum absolute atomic E-state index is 0.724. The standard InChI is InChI=1S/C20H28ClN5OS/c1-22-19(23-9-7-15-5-6-17(27-2)13-18(15)21)24-10-8-16-14-28-20(25-16)26-11-3-4-12-26/h5-6,13-14H,3-4,7-12H2,1-2H3,(H2,22,23,24). The Labute approximate surface area is 176 Å². The summed E-state index contributed by atoms with van der Waals surface area (Å²) in [7, 11) is 3.42. The molecule has 1 fully saturated rings. The maximum Gasteiger partial charge on any atom is 0.190 e. The van der Waals surface area contributed by atoms with Crippen molar-refractivity contribution in [3.05, 3.63) is 39.9 Å². The van der Waals surface area contributed by atoms with Gasteiger partial charge in [-0.15, -0.1) is 11.3 Å². The molecule has 8 heteroatoms. The highest BCUT2D eigenvalue weighted by atomic mass is 35.5. The number of aliphatic imine (C=N–C) groups is 1. The number of rotatable bonds is 8. The number of methoxy groups -OCH3 is 1. The van der Waals surface area contributed by atoms with Crippen LogP contribution in [0.25, 0.3) is 0 Å². The monoisotopic (exact) mass is 421 g/mol. The Kier molecular flexibility index (Phi) is 7.80. The van der Waals surface area contributed by atoms with E-state index in [4.69, 9.17) is 21.3 Å². The van der Waals surface area contributed by atoms with E-state index in [1.54, 1.807) is 25.5 Å². The lowest BCUT2D eigenvalue weighted by Gasteiger charge is -2.13. The van der Waals surface area contributed by atoms with Crippen molar-refractivity contribution in [1.29, 1.82) is 0 Å². The van der Waals surface area contributed by atoms with E-state index in [0.29, 0.717) is 0 Å². The summed E-state index contributed by atoms with van der Waals surface area (Å²) in [6.07, 6.45) is 4.25. The number of hydrogen-bond acceptors (Lipinski definition) is 5. The lowest BCUT2D eigenvalue weighted by molar-refractivity contribution is 0.414. The van der Waals surface area contributed by atoms with E-state index in [9.17, 15) is 0 Å². The molecule has 0 spiro atoms. The molecule has 0 bridgehead atoms. The van der Waals surface area contributed by atoms with Crippen molar-refractivity contribution in [2.45, 2.75) is 25.7 Å². The number of halogens is 1. The molecule has 0 unspecified atom stereocenters. The van der Waals surface area contributed by atoms with Gasteiger partial charge in [0.25, 0.3) is 0 Å². The Bertz CT molecular complexity index is 789. The lowest BCUT2D eigenvalue weighted by atomic mass is 10.1. The summed E-state index contributed by atoms with van der Waals surface area (Å²) in [4.78, 5) is 11.4. The molecule has 2 heterocycles. The molecule has 1 aromatic carbocycles. The number of nitrogens with zero attached hydrogens (tertiary/aromatic N) is 3. The SMILES string of the molecule is CN=C(NCCc1csc(N2CCCC2)n1)NCCc1ccc(OC)cc1Cl. The molecule has 0 saturated carbocycles.